The minimum atomic E-state index is -0.905. The first-order valence-electron chi connectivity index (χ1n) is 12.3. The number of fused-ring (bicyclic) bond motifs is 2. The summed E-state index contributed by atoms with van der Waals surface area (Å²) >= 11 is 0. The van der Waals surface area contributed by atoms with Gasteiger partial charge in [-0.3, -0.25) is 9.97 Å². The van der Waals surface area contributed by atoms with E-state index in [9.17, 15) is 19.2 Å². The highest BCUT2D eigenvalue weighted by Crippen LogP contribution is 2.33. The number of para-hydroxylation sites is 2. The predicted octanol–water partition coefficient (Wildman–Crippen LogP) is 4.72. The average molecular weight is 546 g/mol. The second kappa shape index (κ2) is 10.7. The van der Waals surface area contributed by atoms with E-state index in [1.54, 1.807) is 60.7 Å². The molecular formula is C31H18N2O8. The Morgan fingerprint density at radius 1 is 0.610 bits per heavy atom. The summed E-state index contributed by atoms with van der Waals surface area (Å²) in [6, 6.07) is 19.5. The van der Waals surface area contributed by atoms with Crippen LogP contribution in [0.25, 0.3) is 21.9 Å². The maximum absolute atomic E-state index is 13.2. The van der Waals surface area contributed by atoms with E-state index in [0.717, 1.165) is 0 Å². The van der Waals surface area contributed by atoms with Gasteiger partial charge in [0.2, 0.25) is 11.5 Å². The lowest BCUT2D eigenvalue weighted by molar-refractivity contribution is 0.0719. The molecule has 0 amide bonds. The van der Waals surface area contributed by atoms with Gasteiger partial charge in [-0.2, -0.15) is 0 Å². The van der Waals surface area contributed by atoms with Gasteiger partial charge in [0.1, 0.15) is 11.2 Å². The third kappa shape index (κ3) is 4.97. The van der Waals surface area contributed by atoms with Crippen molar-refractivity contribution in [3.8, 4) is 11.5 Å². The number of hydrogen-bond donors (Lipinski definition) is 0. The van der Waals surface area contributed by atoms with Crippen molar-refractivity contribution in [2.45, 2.75) is 6.42 Å². The molecule has 0 aliphatic heterocycles. The van der Waals surface area contributed by atoms with Gasteiger partial charge in [-0.05, 0) is 36.4 Å². The van der Waals surface area contributed by atoms with E-state index < -0.39 is 23.2 Å². The van der Waals surface area contributed by atoms with Crippen LogP contribution in [0.4, 0.5) is 0 Å². The zero-order valence-corrected chi connectivity index (χ0v) is 21.1. The largest absolute Gasteiger partial charge is 0.420 e. The monoisotopic (exact) mass is 546 g/mol. The number of aromatic nitrogens is 2. The minimum absolute atomic E-state index is 0.114. The smallest absolute Gasteiger partial charge is 0.380 e. The molecule has 200 valence electrons. The molecule has 10 heteroatoms. The fraction of sp³-hybridized carbons (Fsp3) is 0.0323. The number of benzene rings is 2. The van der Waals surface area contributed by atoms with Gasteiger partial charge in [0.15, 0.2) is 0 Å². The van der Waals surface area contributed by atoms with Crippen molar-refractivity contribution < 1.29 is 27.9 Å². The number of hydrogen-bond acceptors (Lipinski definition) is 10. The Balaban J connectivity index is 1.54. The lowest BCUT2D eigenvalue weighted by Crippen LogP contribution is -2.19. The maximum atomic E-state index is 13.2. The van der Waals surface area contributed by atoms with E-state index in [4.69, 9.17) is 18.3 Å². The highest BCUT2D eigenvalue weighted by atomic mass is 16.6. The van der Waals surface area contributed by atoms with Gasteiger partial charge in [-0.15, -0.1) is 0 Å². The zero-order chi connectivity index (χ0) is 28.3. The van der Waals surface area contributed by atoms with Crippen molar-refractivity contribution in [2.75, 3.05) is 0 Å². The van der Waals surface area contributed by atoms with Crippen molar-refractivity contribution in [1.82, 2.24) is 9.97 Å². The summed E-state index contributed by atoms with van der Waals surface area (Å²) in [6.07, 6.45) is 5.43. The van der Waals surface area contributed by atoms with Gasteiger partial charge in [0, 0.05) is 53.1 Å². The van der Waals surface area contributed by atoms with Crippen LogP contribution in [-0.4, -0.2) is 21.9 Å². The zero-order valence-electron chi connectivity index (χ0n) is 21.1. The molecular weight excluding hydrogens is 528 g/mol. The van der Waals surface area contributed by atoms with Crippen molar-refractivity contribution in [3.63, 3.8) is 0 Å². The Labute approximate surface area is 230 Å². The summed E-state index contributed by atoms with van der Waals surface area (Å²) in [7, 11) is 0. The Kier molecular flexibility index (Phi) is 6.62. The Hall–Kier alpha value is -5.90. The van der Waals surface area contributed by atoms with E-state index in [1.165, 1.54) is 36.9 Å². The quantitative estimate of drug-likeness (QED) is 0.213. The molecule has 6 rings (SSSR count). The Morgan fingerprint density at radius 3 is 1.46 bits per heavy atom. The standard InChI is InChI=1S/C31H18N2O8/c34-28(18-7-5-13-32-16-18)40-26-22(20-9-1-3-11-24(20)38-30(26)36)15-23-21-10-2-4-12-25(21)39-31(37)27(23)41-29(35)19-8-6-14-33-17-19/h1-14,16-17H,15H2. The molecule has 0 bridgehead atoms. The number of pyridine rings is 2. The second-order valence-corrected chi connectivity index (χ2v) is 8.83. The summed E-state index contributed by atoms with van der Waals surface area (Å²) in [5.74, 6) is -2.41. The number of esters is 2. The van der Waals surface area contributed by atoms with Crippen LogP contribution in [0.1, 0.15) is 31.8 Å². The van der Waals surface area contributed by atoms with E-state index in [0.29, 0.717) is 10.8 Å². The summed E-state index contributed by atoms with van der Waals surface area (Å²) in [4.78, 5) is 60.1. The predicted molar refractivity (Wildman–Crippen MR) is 146 cm³/mol. The van der Waals surface area contributed by atoms with Crippen LogP contribution in [0.2, 0.25) is 0 Å². The lowest BCUT2D eigenvalue weighted by atomic mass is 9.98. The van der Waals surface area contributed by atoms with Crippen molar-refractivity contribution in [3.05, 3.63) is 141 Å². The molecule has 0 radical (unpaired) electrons. The van der Waals surface area contributed by atoms with Crippen LogP contribution in [0, 0.1) is 0 Å². The SMILES string of the molecule is O=C(Oc1c(Cc2c(OC(=O)c3cccnc3)c(=O)oc3ccccc23)c2ccccc2oc1=O)c1cccnc1. The highest BCUT2D eigenvalue weighted by molar-refractivity contribution is 5.94. The van der Waals surface area contributed by atoms with Crippen LogP contribution < -0.4 is 20.7 Å². The molecule has 2 aromatic carbocycles. The topological polar surface area (TPSA) is 139 Å². The molecule has 0 N–H and O–H groups in total. The van der Waals surface area contributed by atoms with Crippen molar-refractivity contribution in [2.24, 2.45) is 0 Å². The lowest BCUT2D eigenvalue weighted by Gasteiger charge is -2.15. The number of nitrogens with zero attached hydrogens (tertiary/aromatic N) is 2. The fourth-order valence-electron chi connectivity index (χ4n) is 4.40. The van der Waals surface area contributed by atoms with E-state index in [-0.39, 0.29) is 51.3 Å². The molecule has 0 fully saturated rings. The summed E-state index contributed by atoms with van der Waals surface area (Å²) in [5, 5.41) is 0.894. The first-order chi connectivity index (χ1) is 20.0. The highest BCUT2D eigenvalue weighted by Gasteiger charge is 2.26. The first-order valence-corrected chi connectivity index (χ1v) is 12.3. The van der Waals surface area contributed by atoms with Crippen LogP contribution in [0.15, 0.2) is 116 Å². The van der Waals surface area contributed by atoms with Crippen LogP contribution in [-0.2, 0) is 6.42 Å². The van der Waals surface area contributed by atoms with Crippen molar-refractivity contribution in [1.29, 1.82) is 0 Å². The summed E-state index contributed by atoms with van der Waals surface area (Å²) < 4.78 is 22.0. The molecule has 0 atom stereocenters. The molecule has 0 aliphatic carbocycles. The molecule has 41 heavy (non-hydrogen) atoms. The number of carbonyl (C=O) groups excluding carboxylic acids is 2. The van der Waals surface area contributed by atoms with Crippen molar-refractivity contribution >= 4 is 33.9 Å². The first kappa shape index (κ1) is 25.4. The molecule has 6 aromatic rings. The molecule has 4 heterocycles. The molecule has 0 spiro atoms. The molecule has 0 saturated heterocycles. The number of carbonyl (C=O) groups is 2. The normalized spacial score (nSPS) is 10.9. The maximum Gasteiger partial charge on any atom is 0.380 e. The number of rotatable bonds is 6. The third-order valence-electron chi connectivity index (χ3n) is 6.29. The van der Waals surface area contributed by atoms with Crippen LogP contribution in [0.5, 0.6) is 11.5 Å². The minimum Gasteiger partial charge on any atom is -0.420 e. The fourth-order valence-corrected chi connectivity index (χ4v) is 4.40. The van der Waals surface area contributed by atoms with Gasteiger partial charge in [-0.25, -0.2) is 19.2 Å². The van der Waals surface area contributed by atoms with E-state index in [2.05, 4.69) is 9.97 Å². The summed E-state index contributed by atoms with van der Waals surface area (Å²) in [5.41, 5.74) is -0.642. The molecule has 0 saturated carbocycles. The molecule has 4 aromatic heterocycles. The third-order valence-corrected chi connectivity index (χ3v) is 6.29. The summed E-state index contributed by atoms with van der Waals surface area (Å²) in [6.45, 7) is 0. The molecule has 0 unspecified atom stereocenters. The molecule has 10 nitrogen and oxygen atoms in total. The van der Waals surface area contributed by atoms with Gasteiger partial charge in [-0.1, -0.05) is 36.4 Å². The second-order valence-electron chi connectivity index (χ2n) is 8.83. The average Bonchev–Trinajstić information content (AvgIpc) is 3.01. The van der Waals surface area contributed by atoms with Gasteiger partial charge in [0.25, 0.3) is 0 Å². The Bertz CT molecular complexity index is 1900. The van der Waals surface area contributed by atoms with Gasteiger partial charge < -0.3 is 18.3 Å². The van der Waals surface area contributed by atoms with Crippen LogP contribution in [0.3, 0.4) is 0 Å². The van der Waals surface area contributed by atoms with E-state index in [1.807, 2.05) is 0 Å². The molecule has 0 aliphatic rings. The Morgan fingerprint density at radius 2 is 1.05 bits per heavy atom. The number of ether oxygens (including phenoxy) is 2. The van der Waals surface area contributed by atoms with Gasteiger partial charge >= 0.3 is 23.2 Å². The van der Waals surface area contributed by atoms with E-state index >= 15 is 0 Å². The van der Waals surface area contributed by atoms with Gasteiger partial charge in [0.05, 0.1) is 11.1 Å². The van der Waals surface area contributed by atoms with Crippen LogP contribution >= 0.6 is 0 Å².